The van der Waals surface area contributed by atoms with Gasteiger partial charge in [-0.2, -0.15) is 13.2 Å². The van der Waals surface area contributed by atoms with Crippen molar-refractivity contribution in [1.82, 2.24) is 4.98 Å². The minimum absolute atomic E-state index is 0.0384. The van der Waals surface area contributed by atoms with Crippen molar-refractivity contribution in [3.05, 3.63) is 51.1 Å². The highest BCUT2D eigenvalue weighted by Gasteiger charge is 2.33. The van der Waals surface area contributed by atoms with Gasteiger partial charge in [0.05, 0.1) is 0 Å². The lowest BCUT2D eigenvalue weighted by atomic mass is 10.1. The van der Waals surface area contributed by atoms with Crippen LogP contribution in [0.25, 0.3) is 0 Å². The number of hydrogen-bond acceptors (Lipinski definition) is 3. The first-order valence-electron chi connectivity index (χ1n) is 4.96. The number of aliphatic hydroxyl groups is 1. The van der Waals surface area contributed by atoms with Gasteiger partial charge >= 0.3 is 6.18 Å². The molecule has 0 radical (unpaired) electrons. The van der Waals surface area contributed by atoms with E-state index in [1.54, 1.807) is 6.07 Å². The van der Waals surface area contributed by atoms with E-state index in [4.69, 9.17) is 16.0 Å². The molecule has 0 fully saturated rings. The molecule has 0 amide bonds. The standard InChI is InChI=1S/C11H6BrClF3NO2/c12-8-4-2-6(19-8)9(18)5-1-3-7(11(14,15)16)17-10(5)13/h1-4,9,18H. The van der Waals surface area contributed by atoms with Crippen molar-refractivity contribution in [2.45, 2.75) is 12.3 Å². The van der Waals surface area contributed by atoms with E-state index in [1.807, 2.05) is 0 Å². The van der Waals surface area contributed by atoms with Gasteiger partial charge in [0.2, 0.25) is 0 Å². The molecule has 0 aromatic carbocycles. The molecule has 1 unspecified atom stereocenters. The molecule has 3 nitrogen and oxygen atoms in total. The molecular formula is C11H6BrClF3NO2. The Hall–Kier alpha value is -1.05. The summed E-state index contributed by atoms with van der Waals surface area (Å²) in [6.45, 7) is 0. The van der Waals surface area contributed by atoms with Crippen LogP contribution in [-0.2, 0) is 6.18 Å². The maximum atomic E-state index is 12.4. The van der Waals surface area contributed by atoms with Crippen molar-refractivity contribution >= 4 is 27.5 Å². The van der Waals surface area contributed by atoms with E-state index < -0.39 is 23.1 Å². The smallest absolute Gasteiger partial charge is 0.433 e. The van der Waals surface area contributed by atoms with E-state index in [-0.39, 0.29) is 11.3 Å². The van der Waals surface area contributed by atoms with Gasteiger partial charge in [-0.25, -0.2) is 4.98 Å². The third kappa shape index (κ3) is 3.10. The summed E-state index contributed by atoms with van der Waals surface area (Å²) < 4.78 is 42.8. The number of aliphatic hydroxyl groups excluding tert-OH is 1. The summed E-state index contributed by atoms with van der Waals surface area (Å²) in [6.07, 6.45) is -5.87. The number of furan rings is 1. The molecule has 0 bridgehead atoms. The maximum Gasteiger partial charge on any atom is 0.433 e. The lowest BCUT2D eigenvalue weighted by Crippen LogP contribution is -2.10. The summed E-state index contributed by atoms with van der Waals surface area (Å²) in [5.74, 6) is 0.148. The zero-order valence-corrected chi connectivity index (χ0v) is 11.4. The minimum atomic E-state index is -4.58. The maximum absolute atomic E-state index is 12.4. The quantitative estimate of drug-likeness (QED) is 0.821. The van der Waals surface area contributed by atoms with Crippen molar-refractivity contribution in [3.8, 4) is 0 Å². The van der Waals surface area contributed by atoms with E-state index in [2.05, 4.69) is 20.9 Å². The number of alkyl halides is 3. The van der Waals surface area contributed by atoms with Crippen LogP contribution in [0.3, 0.4) is 0 Å². The molecule has 102 valence electrons. The summed E-state index contributed by atoms with van der Waals surface area (Å²) in [7, 11) is 0. The monoisotopic (exact) mass is 355 g/mol. The fraction of sp³-hybridized carbons (Fsp3) is 0.182. The van der Waals surface area contributed by atoms with Crippen LogP contribution in [0.2, 0.25) is 5.15 Å². The second-order valence-corrected chi connectivity index (χ2v) is 4.76. The van der Waals surface area contributed by atoms with Crippen LogP contribution in [-0.4, -0.2) is 10.1 Å². The van der Waals surface area contributed by atoms with Gasteiger partial charge in [0.15, 0.2) is 4.67 Å². The Labute approximate surface area is 119 Å². The van der Waals surface area contributed by atoms with E-state index in [1.165, 1.54) is 6.07 Å². The predicted molar refractivity (Wildman–Crippen MR) is 64.7 cm³/mol. The molecule has 0 aliphatic carbocycles. The van der Waals surface area contributed by atoms with Crippen LogP contribution in [0.15, 0.2) is 33.4 Å². The third-order valence-electron chi connectivity index (χ3n) is 2.33. The lowest BCUT2D eigenvalue weighted by Gasteiger charge is -2.12. The third-order valence-corrected chi connectivity index (χ3v) is 3.06. The Morgan fingerprint density at radius 1 is 1.26 bits per heavy atom. The zero-order chi connectivity index (χ0) is 14.2. The van der Waals surface area contributed by atoms with Crippen LogP contribution in [0, 0.1) is 0 Å². The van der Waals surface area contributed by atoms with Gasteiger partial charge in [0.25, 0.3) is 0 Å². The Kier molecular flexibility index (Phi) is 3.89. The summed E-state index contributed by atoms with van der Waals surface area (Å²) in [5, 5.41) is 9.54. The molecule has 2 aromatic rings. The van der Waals surface area contributed by atoms with Crippen LogP contribution in [0.4, 0.5) is 13.2 Å². The van der Waals surface area contributed by atoms with Crippen molar-refractivity contribution in [2.75, 3.05) is 0 Å². The highest BCUT2D eigenvalue weighted by Crippen LogP contribution is 2.33. The molecular weight excluding hydrogens is 350 g/mol. The van der Waals surface area contributed by atoms with E-state index in [0.717, 1.165) is 12.1 Å². The predicted octanol–water partition coefficient (Wildman–Crippen LogP) is 4.19. The Morgan fingerprint density at radius 3 is 2.42 bits per heavy atom. The van der Waals surface area contributed by atoms with Crippen molar-refractivity contribution in [3.63, 3.8) is 0 Å². The van der Waals surface area contributed by atoms with Crippen molar-refractivity contribution in [2.24, 2.45) is 0 Å². The average molecular weight is 357 g/mol. The average Bonchev–Trinajstić information content (AvgIpc) is 2.73. The van der Waals surface area contributed by atoms with Gasteiger partial charge in [-0.15, -0.1) is 0 Å². The Balaban J connectivity index is 2.36. The van der Waals surface area contributed by atoms with Gasteiger partial charge in [0.1, 0.15) is 22.7 Å². The van der Waals surface area contributed by atoms with E-state index in [0.29, 0.717) is 4.67 Å². The molecule has 2 heterocycles. The van der Waals surface area contributed by atoms with Gasteiger partial charge in [-0.3, -0.25) is 0 Å². The summed E-state index contributed by atoms with van der Waals surface area (Å²) in [6, 6.07) is 4.84. The Bertz CT molecular complexity index is 600. The molecule has 1 N–H and O–H groups in total. The first-order chi connectivity index (χ1) is 8.79. The number of pyridine rings is 1. The number of rotatable bonds is 2. The van der Waals surface area contributed by atoms with Gasteiger partial charge in [0, 0.05) is 5.56 Å². The van der Waals surface area contributed by atoms with Crippen LogP contribution < -0.4 is 0 Å². The summed E-state index contributed by atoms with van der Waals surface area (Å²) in [5.41, 5.74) is -1.08. The second kappa shape index (κ2) is 5.15. The topological polar surface area (TPSA) is 46.3 Å². The van der Waals surface area contributed by atoms with Gasteiger partial charge in [-0.05, 0) is 34.1 Å². The molecule has 0 saturated heterocycles. The largest absolute Gasteiger partial charge is 0.451 e. The second-order valence-electron chi connectivity index (χ2n) is 3.62. The molecule has 8 heteroatoms. The molecule has 2 rings (SSSR count). The van der Waals surface area contributed by atoms with Gasteiger partial charge < -0.3 is 9.52 Å². The minimum Gasteiger partial charge on any atom is -0.451 e. The molecule has 0 saturated carbocycles. The number of halogens is 5. The number of hydrogen-bond donors (Lipinski definition) is 1. The number of aromatic nitrogens is 1. The van der Waals surface area contributed by atoms with Crippen LogP contribution in [0.1, 0.15) is 23.1 Å². The SMILES string of the molecule is OC(c1ccc(Br)o1)c1ccc(C(F)(F)F)nc1Cl. The van der Waals surface area contributed by atoms with Crippen molar-refractivity contribution in [1.29, 1.82) is 0 Å². The van der Waals surface area contributed by atoms with Crippen LogP contribution in [0.5, 0.6) is 0 Å². The normalized spacial score (nSPS) is 13.6. The first-order valence-corrected chi connectivity index (χ1v) is 6.13. The van der Waals surface area contributed by atoms with Gasteiger partial charge in [-0.1, -0.05) is 17.7 Å². The lowest BCUT2D eigenvalue weighted by molar-refractivity contribution is -0.141. The molecule has 2 aromatic heterocycles. The van der Waals surface area contributed by atoms with Crippen LogP contribution >= 0.6 is 27.5 Å². The fourth-order valence-electron chi connectivity index (χ4n) is 1.44. The molecule has 0 aliphatic rings. The fourth-order valence-corrected chi connectivity index (χ4v) is 2.01. The summed E-state index contributed by atoms with van der Waals surface area (Å²) in [4.78, 5) is 3.22. The molecule has 0 spiro atoms. The molecule has 0 aliphatic heterocycles. The van der Waals surface area contributed by atoms with Crippen molar-refractivity contribution < 1.29 is 22.7 Å². The molecule has 1 atom stereocenters. The van der Waals surface area contributed by atoms with E-state index >= 15 is 0 Å². The molecule has 19 heavy (non-hydrogen) atoms. The number of nitrogens with zero attached hydrogens (tertiary/aromatic N) is 1. The highest BCUT2D eigenvalue weighted by molar-refractivity contribution is 9.10. The Morgan fingerprint density at radius 2 is 1.95 bits per heavy atom. The van der Waals surface area contributed by atoms with E-state index in [9.17, 15) is 18.3 Å². The zero-order valence-electron chi connectivity index (χ0n) is 9.08. The summed E-state index contributed by atoms with van der Waals surface area (Å²) >= 11 is 8.72. The first kappa shape index (κ1) is 14.4. The highest BCUT2D eigenvalue weighted by atomic mass is 79.9.